The molecule has 0 aromatic heterocycles. The third-order valence-electron chi connectivity index (χ3n) is 1.32. The smallest absolute Gasteiger partial charge is 0.271 e. The van der Waals surface area contributed by atoms with Gasteiger partial charge in [-0.3, -0.25) is 0 Å². The van der Waals surface area contributed by atoms with Gasteiger partial charge < -0.3 is 15.6 Å². The second kappa shape index (κ2) is 5.05. The average molecular weight is 181 g/mol. The van der Waals surface area contributed by atoms with E-state index in [1.165, 1.54) is 0 Å². The number of hydrogen-bond acceptors (Lipinski definition) is 3. The maximum atomic E-state index is 12.1. The molecule has 0 rings (SSSR count). The molecular formula is C7H13F2NO2. The molecule has 0 aliphatic carbocycles. The maximum absolute atomic E-state index is 12.1. The average Bonchev–Trinajstić information content (AvgIpc) is 2.04. The largest absolute Gasteiger partial charge is 0.502 e. The highest BCUT2D eigenvalue weighted by atomic mass is 19.3. The fourth-order valence-electron chi connectivity index (χ4n) is 0.492. The Morgan fingerprint density at radius 1 is 1.67 bits per heavy atom. The van der Waals surface area contributed by atoms with E-state index in [9.17, 15) is 8.78 Å². The normalized spacial score (nSPS) is 16.8. The predicted molar refractivity (Wildman–Crippen MR) is 40.8 cm³/mol. The second-order valence-electron chi connectivity index (χ2n) is 2.25. The van der Waals surface area contributed by atoms with Crippen molar-refractivity contribution in [1.29, 1.82) is 0 Å². The molecule has 0 fully saturated rings. The summed E-state index contributed by atoms with van der Waals surface area (Å²) in [5.74, 6) is 0. The minimum Gasteiger partial charge on any atom is -0.502 e. The molecular weight excluding hydrogens is 168 g/mol. The SMILES string of the molecule is CCOC=CC(O)(CN)C(F)F. The van der Waals surface area contributed by atoms with Crippen LogP contribution >= 0.6 is 0 Å². The van der Waals surface area contributed by atoms with Gasteiger partial charge in [0.15, 0.2) is 5.60 Å². The summed E-state index contributed by atoms with van der Waals surface area (Å²) in [5.41, 5.74) is 2.68. The van der Waals surface area contributed by atoms with Crippen LogP contribution in [0, 0.1) is 0 Å². The van der Waals surface area contributed by atoms with Crippen LogP contribution in [0.15, 0.2) is 12.3 Å². The molecule has 0 spiro atoms. The van der Waals surface area contributed by atoms with Crippen molar-refractivity contribution in [2.45, 2.75) is 19.0 Å². The van der Waals surface area contributed by atoms with Crippen molar-refractivity contribution >= 4 is 0 Å². The van der Waals surface area contributed by atoms with Crippen molar-refractivity contribution < 1.29 is 18.6 Å². The Hall–Kier alpha value is -0.680. The highest BCUT2D eigenvalue weighted by Crippen LogP contribution is 2.15. The van der Waals surface area contributed by atoms with Gasteiger partial charge in [-0.15, -0.1) is 0 Å². The zero-order valence-electron chi connectivity index (χ0n) is 6.84. The highest BCUT2D eigenvalue weighted by Gasteiger charge is 2.33. The van der Waals surface area contributed by atoms with Gasteiger partial charge in [-0.05, 0) is 13.0 Å². The Bertz CT molecular complexity index is 152. The molecule has 0 bridgehead atoms. The highest BCUT2D eigenvalue weighted by molar-refractivity contribution is 5.01. The van der Waals surface area contributed by atoms with Crippen molar-refractivity contribution in [1.82, 2.24) is 0 Å². The first-order valence-corrected chi connectivity index (χ1v) is 3.56. The lowest BCUT2D eigenvalue weighted by Crippen LogP contribution is -2.42. The Labute approximate surface area is 69.8 Å². The molecule has 3 N–H and O–H groups in total. The molecule has 72 valence electrons. The molecule has 3 nitrogen and oxygen atoms in total. The standard InChI is InChI=1S/C7H13F2NO2/c1-2-12-4-3-7(11,5-10)6(8)9/h3-4,6,11H,2,5,10H2,1H3. The second-order valence-corrected chi connectivity index (χ2v) is 2.25. The molecule has 1 atom stereocenters. The van der Waals surface area contributed by atoms with Crippen LogP contribution in [0.4, 0.5) is 8.78 Å². The minimum absolute atomic E-state index is 0.361. The van der Waals surface area contributed by atoms with Gasteiger partial charge in [-0.2, -0.15) is 0 Å². The lowest BCUT2D eigenvalue weighted by Gasteiger charge is -2.20. The number of ether oxygens (including phenoxy) is 1. The number of nitrogens with two attached hydrogens (primary N) is 1. The minimum atomic E-state index is -2.90. The van der Waals surface area contributed by atoms with Crippen LogP contribution in [0.2, 0.25) is 0 Å². The molecule has 0 radical (unpaired) electrons. The molecule has 0 saturated heterocycles. The zero-order valence-corrected chi connectivity index (χ0v) is 6.84. The molecule has 0 saturated carbocycles. The fourth-order valence-corrected chi connectivity index (χ4v) is 0.492. The molecule has 12 heavy (non-hydrogen) atoms. The molecule has 0 heterocycles. The summed E-state index contributed by atoms with van der Waals surface area (Å²) in [6.45, 7) is 1.53. The van der Waals surface area contributed by atoms with Gasteiger partial charge in [-0.1, -0.05) is 0 Å². The first-order chi connectivity index (χ1) is 5.56. The lowest BCUT2D eigenvalue weighted by atomic mass is 10.1. The van der Waals surface area contributed by atoms with E-state index in [2.05, 4.69) is 4.74 Å². The monoisotopic (exact) mass is 181 g/mol. The van der Waals surface area contributed by atoms with Crippen LogP contribution in [0.25, 0.3) is 0 Å². The topological polar surface area (TPSA) is 55.5 Å². The van der Waals surface area contributed by atoms with E-state index in [-0.39, 0.29) is 0 Å². The summed E-state index contributed by atoms with van der Waals surface area (Å²) in [7, 11) is 0. The number of rotatable bonds is 5. The molecule has 1 unspecified atom stereocenters. The summed E-state index contributed by atoms with van der Waals surface area (Å²) in [6.07, 6.45) is -1.01. The van der Waals surface area contributed by atoms with Crippen molar-refractivity contribution in [3.05, 3.63) is 12.3 Å². The lowest BCUT2D eigenvalue weighted by molar-refractivity contribution is -0.0562. The quantitative estimate of drug-likeness (QED) is 0.607. The van der Waals surface area contributed by atoms with Crippen LogP contribution in [-0.4, -0.2) is 30.3 Å². The summed E-state index contributed by atoms with van der Waals surface area (Å²) in [6, 6.07) is 0. The van der Waals surface area contributed by atoms with E-state index < -0.39 is 18.6 Å². The molecule has 0 aromatic rings. The summed E-state index contributed by atoms with van der Waals surface area (Å²) in [5, 5.41) is 9.08. The van der Waals surface area contributed by atoms with Crippen LogP contribution in [0.3, 0.4) is 0 Å². The number of hydrogen-bond donors (Lipinski definition) is 2. The Morgan fingerprint density at radius 3 is 2.58 bits per heavy atom. The van der Waals surface area contributed by atoms with E-state index >= 15 is 0 Å². The summed E-state index contributed by atoms with van der Waals surface area (Å²) >= 11 is 0. The van der Waals surface area contributed by atoms with E-state index in [1.54, 1.807) is 6.92 Å². The Kier molecular flexibility index (Phi) is 4.77. The first-order valence-electron chi connectivity index (χ1n) is 3.56. The van der Waals surface area contributed by atoms with Crippen LogP contribution < -0.4 is 5.73 Å². The number of aliphatic hydroxyl groups is 1. The molecule has 0 aliphatic rings. The fraction of sp³-hybridized carbons (Fsp3) is 0.714. The van der Waals surface area contributed by atoms with Crippen molar-refractivity contribution in [3.8, 4) is 0 Å². The van der Waals surface area contributed by atoms with Gasteiger partial charge in [0.2, 0.25) is 0 Å². The summed E-state index contributed by atoms with van der Waals surface area (Å²) < 4.78 is 28.8. The van der Waals surface area contributed by atoms with Crippen LogP contribution in [0.1, 0.15) is 6.92 Å². The van der Waals surface area contributed by atoms with E-state index in [1.807, 2.05) is 0 Å². The third kappa shape index (κ3) is 3.15. The molecule has 5 heteroatoms. The zero-order chi connectivity index (χ0) is 9.61. The van der Waals surface area contributed by atoms with Crippen molar-refractivity contribution in [2.75, 3.05) is 13.2 Å². The van der Waals surface area contributed by atoms with Gasteiger partial charge in [-0.25, -0.2) is 8.78 Å². The van der Waals surface area contributed by atoms with Crippen LogP contribution in [0.5, 0.6) is 0 Å². The number of halogens is 2. The van der Waals surface area contributed by atoms with E-state index in [0.29, 0.717) is 6.61 Å². The summed E-state index contributed by atoms with van der Waals surface area (Å²) in [4.78, 5) is 0. The van der Waals surface area contributed by atoms with Gasteiger partial charge in [0.05, 0.1) is 12.9 Å². The van der Waals surface area contributed by atoms with E-state index in [0.717, 1.165) is 12.3 Å². The van der Waals surface area contributed by atoms with Crippen LogP contribution in [-0.2, 0) is 4.74 Å². The third-order valence-corrected chi connectivity index (χ3v) is 1.32. The van der Waals surface area contributed by atoms with Gasteiger partial charge in [0.25, 0.3) is 6.43 Å². The van der Waals surface area contributed by atoms with Crippen molar-refractivity contribution in [3.63, 3.8) is 0 Å². The molecule has 0 amide bonds. The van der Waals surface area contributed by atoms with Gasteiger partial charge in [0.1, 0.15) is 0 Å². The van der Waals surface area contributed by atoms with Crippen molar-refractivity contribution in [2.24, 2.45) is 5.73 Å². The van der Waals surface area contributed by atoms with Gasteiger partial charge >= 0.3 is 0 Å². The predicted octanol–water partition coefficient (Wildman–Crippen LogP) is 0.492. The first kappa shape index (κ1) is 11.3. The molecule has 0 aliphatic heterocycles. The van der Waals surface area contributed by atoms with Gasteiger partial charge in [0, 0.05) is 6.54 Å². The maximum Gasteiger partial charge on any atom is 0.271 e. The van der Waals surface area contributed by atoms with E-state index in [4.69, 9.17) is 10.8 Å². The Balaban J connectivity index is 4.13. The Morgan fingerprint density at radius 2 is 2.25 bits per heavy atom. The molecule has 0 aromatic carbocycles. The number of alkyl halides is 2.